The van der Waals surface area contributed by atoms with Crippen LogP contribution in [-0.2, 0) is 25.4 Å². The first-order valence-corrected chi connectivity index (χ1v) is 8.02. The molecule has 0 spiro atoms. The van der Waals surface area contributed by atoms with Crippen molar-refractivity contribution in [3.05, 3.63) is 52.5 Å². The molecule has 2 aromatic rings. The topological polar surface area (TPSA) is 82.1 Å². The zero-order valence-electron chi connectivity index (χ0n) is 14.6. The Hall–Kier alpha value is -2.90. The second-order valence-electron chi connectivity index (χ2n) is 5.80. The van der Waals surface area contributed by atoms with Crippen LogP contribution in [0.25, 0.3) is 11.2 Å². The van der Waals surface area contributed by atoms with Gasteiger partial charge in [-0.2, -0.15) is 0 Å². The Morgan fingerprint density at radius 1 is 1.20 bits per heavy atom. The summed E-state index contributed by atoms with van der Waals surface area (Å²) in [5.74, 6) is 0.00419. The number of carbonyl (C=O) groups is 1. The van der Waals surface area contributed by atoms with Gasteiger partial charge >= 0.3 is 5.69 Å². The number of fused-ring (bicyclic) bond motifs is 1. The van der Waals surface area contributed by atoms with E-state index in [9.17, 15) is 14.4 Å². The Morgan fingerprint density at radius 3 is 2.44 bits per heavy atom. The Balaban J connectivity index is 2.16. The molecular weight excluding hydrogens is 322 g/mol. The van der Waals surface area contributed by atoms with E-state index >= 15 is 0 Å². The molecule has 2 aromatic heterocycles. The minimum absolute atomic E-state index is 0.00419. The molecule has 0 aromatic carbocycles. The molecule has 25 heavy (non-hydrogen) atoms. The van der Waals surface area contributed by atoms with E-state index in [-0.39, 0.29) is 11.5 Å². The maximum Gasteiger partial charge on any atom is 0.332 e. The van der Waals surface area contributed by atoms with E-state index in [0.717, 1.165) is 4.57 Å². The number of hydrogen-bond donors (Lipinski definition) is 0. The zero-order chi connectivity index (χ0) is 18.6. The zero-order valence-corrected chi connectivity index (χ0v) is 14.6. The van der Waals surface area contributed by atoms with Gasteiger partial charge in [-0.05, 0) is 6.42 Å². The Labute approximate surface area is 145 Å². The molecule has 0 radical (unpaired) electrons. The van der Waals surface area contributed by atoms with Crippen molar-refractivity contribution in [2.75, 3.05) is 13.1 Å². The first-order chi connectivity index (χ1) is 11.9. The number of carbonyl (C=O) groups excluding carboxylic acids is 1. The lowest BCUT2D eigenvalue weighted by molar-refractivity contribution is -0.130. The third-order valence-corrected chi connectivity index (χ3v) is 4.06. The highest BCUT2D eigenvalue weighted by Gasteiger charge is 2.15. The van der Waals surface area contributed by atoms with Gasteiger partial charge in [0.2, 0.25) is 5.91 Å². The van der Waals surface area contributed by atoms with Crippen molar-refractivity contribution in [1.82, 2.24) is 23.6 Å². The normalized spacial score (nSPS) is 10.8. The molecule has 1 amide bonds. The van der Waals surface area contributed by atoms with Crippen LogP contribution in [-0.4, -0.2) is 42.6 Å². The van der Waals surface area contributed by atoms with Crippen molar-refractivity contribution < 1.29 is 4.79 Å². The van der Waals surface area contributed by atoms with Crippen LogP contribution in [0.5, 0.6) is 0 Å². The van der Waals surface area contributed by atoms with Gasteiger partial charge < -0.3 is 9.47 Å². The molecule has 0 atom stereocenters. The largest absolute Gasteiger partial charge is 0.335 e. The van der Waals surface area contributed by atoms with Crippen molar-refractivity contribution >= 4 is 17.1 Å². The summed E-state index contributed by atoms with van der Waals surface area (Å²) in [4.78, 5) is 42.3. The molecule has 134 valence electrons. The molecule has 0 aliphatic heterocycles. The van der Waals surface area contributed by atoms with Gasteiger partial charge in [-0.15, -0.1) is 13.2 Å². The molecule has 8 heteroatoms. The van der Waals surface area contributed by atoms with E-state index in [2.05, 4.69) is 18.1 Å². The van der Waals surface area contributed by atoms with Crippen molar-refractivity contribution in [3.8, 4) is 0 Å². The molecule has 2 rings (SSSR count). The van der Waals surface area contributed by atoms with Crippen LogP contribution in [0.1, 0.15) is 12.8 Å². The highest BCUT2D eigenvalue weighted by Crippen LogP contribution is 2.08. The quantitative estimate of drug-likeness (QED) is 0.649. The average Bonchev–Trinajstić information content (AvgIpc) is 3.02. The molecule has 0 bridgehead atoms. The van der Waals surface area contributed by atoms with Crippen LogP contribution in [0, 0.1) is 0 Å². The van der Waals surface area contributed by atoms with E-state index in [1.807, 2.05) is 0 Å². The molecule has 0 saturated carbocycles. The van der Waals surface area contributed by atoms with E-state index < -0.39 is 5.69 Å². The third-order valence-electron chi connectivity index (χ3n) is 4.06. The lowest BCUT2D eigenvalue weighted by atomic mass is 10.2. The van der Waals surface area contributed by atoms with Gasteiger partial charge in [0.05, 0.1) is 6.33 Å². The van der Waals surface area contributed by atoms with E-state index in [0.29, 0.717) is 43.6 Å². The minimum Gasteiger partial charge on any atom is -0.335 e. The predicted octanol–water partition coefficient (Wildman–Crippen LogP) is 0.415. The number of imidazole rings is 1. The summed E-state index contributed by atoms with van der Waals surface area (Å²) in [5.41, 5.74) is -0.0882. The van der Waals surface area contributed by atoms with Crippen LogP contribution >= 0.6 is 0 Å². The maximum absolute atomic E-state index is 12.4. The van der Waals surface area contributed by atoms with Crippen molar-refractivity contribution in [3.63, 3.8) is 0 Å². The smallest absolute Gasteiger partial charge is 0.332 e. The van der Waals surface area contributed by atoms with Gasteiger partial charge in [0.25, 0.3) is 5.56 Å². The number of amides is 1. The van der Waals surface area contributed by atoms with Crippen LogP contribution in [0.15, 0.2) is 41.2 Å². The summed E-state index contributed by atoms with van der Waals surface area (Å²) in [5, 5.41) is 0. The summed E-state index contributed by atoms with van der Waals surface area (Å²) < 4.78 is 4.09. The molecule has 0 N–H and O–H groups in total. The Bertz CT molecular complexity index is 909. The highest BCUT2D eigenvalue weighted by molar-refractivity contribution is 5.76. The van der Waals surface area contributed by atoms with Gasteiger partial charge in [0.15, 0.2) is 11.2 Å². The van der Waals surface area contributed by atoms with Crippen molar-refractivity contribution in [2.24, 2.45) is 14.1 Å². The summed E-state index contributed by atoms with van der Waals surface area (Å²) in [6, 6.07) is 0. The SMILES string of the molecule is C=CCN(CC=C)C(=O)CCCn1cnc2c1c(=O)n(C)c(=O)n2C. The molecule has 0 saturated heterocycles. The number of aromatic nitrogens is 4. The van der Waals surface area contributed by atoms with Crippen LogP contribution in [0.3, 0.4) is 0 Å². The number of hydrogen-bond acceptors (Lipinski definition) is 4. The standard InChI is InChI=1S/C17H23N5O3/c1-5-9-21(10-6-2)13(23)8-7-11-22-12-18-15-14(22)16(24)20(4)17(25)19(15)3/h5-6,12H,1-2,7-11H2,3-4H3. The molecule has 0 unspecified atom stereocenters. The second-order valence-corrected chi connectivity index (χ2v) is 5.80. The minimum atomic E-state index is -0.414. The van der Waals surface area contributed by atoms with E-state index in [1.54, 1.807) is 28.7 Å². The highest BCUT2D eigenvalue weighted by atomic mass is 16.2. The number of rotatable bonds is 8. The number of nitrogens with zero attached hydrogens (tertiary/aromatic N) is 5. The van der Waals surface area contributed by atoms with Gasteiger partial charge in [-0.25, -0.2) is 9.78 Å². The van der Waals surface area contributed by atoms with Gasteiger partial charge in [-0.3, -0.25) is 18.7 Å². The van der Waals surface area contributed by atoms with E-state index in [1.165, 1.54) is 17.9 Å². The fourth-order valence-electron chi connectivity index (χ4n) is 2.72. The molecule has 0 aliphatic carbocycles. The van der Waals surface area contributed by atoms with Gasteiger partial charge in [0.1, 0.15) is 0 Å². The lowest BCUT2D eigenvalue weighted by Gasteiger charge is -2.19. The Kier molecular flexibility index (Phi) is 5.74. The van der Waals surface area contributed by atoms with Crippen molar-refractivity contribution in [2.45, 2.75) is 19.4 Å². The van der Waals surface area contributed by atoms with Gasteiger partial charge in [-0.1, -0.05) is 12.2 Å². The fourth-order valence-corrected chi connectivity index (χ4v) is 2.72. The molecule has 8 nitrogen and oxygen atoms in total. The maximum atomic E-state index is 12.4. The fraction of sp³-hybridized carbons (Fsp3) is 0.412. The Morgan fingerprint density at radius 2 is 1.84 bits per heavy atom. The lowest BCUT2D eigenvalue weighted by Crippen LogP contribution is -2.37. The molecule has 0 fully saturated rings. The van der Waals surface area contributed by atoms with Crippen LogP contribution < -0.4 is 11.2 Å². The molecule has 0 aliphatic rings. The first kappa shape index (κ1) is 18.4. The van der Waals surface area contributed by atoms with Gasteiger partial charge in [0, 0.05) is 40.2 Å². The molecular formula is C17H23N5O3. The first-order valence-electron chi connectivity index (χ1n) is 8.02. The van der Waals surface area contributed by atoms with Crippen LogP contribution in [0.4, 0.5) is 0 Å². The molecule has 2 heterocycles. The predicted molar refractivity (Wildman–Crippen MR) is 96.4 cm³/mol. The second kappa shape index (κ2) is 7.78. The summed E-state index contributed by atoms with van der Waals surface area (Å²) >= 11 is 0. The monoisotopic (exact) mass is 345 g/mol. The van der Waals surface area contributed by atoms with E-state index in [4.69, 9.17) is 0 Å². The summed E-state index contributed by atoms with van der Waals surface area (Å²) in [6.07, 6.45) is 5.78. The summed E-state index contributed by atoms with van der Waals surface area (Å²) in [6.45, 7) is 8.71. The average molecular weight is 345 g/mol. The summed E-state index contributed by atoms with van der Waals surface area (Å²) in [7, 11) is 3.01. The van der Waals surface area contributed by atoms with Crippen LogP contribution in [0.2, 0.25) is 0 Å². The third kappa shape index (κ3) is 3.62. The number of aryl methyl sites for hydroxylation is 2. The van der Waals surface area contributed by atoms with Crippen molar-refractivity contribution in [1.29, 1.82) is 0 Å².